The number of pyridine rings is 1. The Balaban J connectivity index is 1.69. The smallest absolute Gasteiger partial charge is 0.232 e. The first-order valence-electron chi connectivity index (χ1n) is 10.4. The molecule has 0 N–H and O–H groups in total. The van der Waals surface area contributed by atoms with Gasteiger partial charge in [-0.3, -0.25) is 9.69 Å². The van der Waals surface area contributed by atoms with Gasteiger partial charge in [-0.15, -0.1) is 0 Å². The number of methoxy groups -OCH3 is 1. The Bertz CT molecular complexity index is 995. The van der Waals surface area contributed by atoms with Crippen molar-refractivity contribution in [3.05, 3.63) is 47.7 Å². The van der Waals surface area contributed by atoms with Crippen LogP contribution in [0.1, 0.15) is 50.2 Å². The molecule has 5 nitrogen and oxygen atoms in total. The second kappa shape index (κ2) is 8.91. The molecule has 0 aliphatic heterocycles. The predicted molar refractivity (Wildman–Crippen MR) is 118 cm³/mol. The lowest BCUT2D eigenvalue weighted by Crippen LogP contribution is -2.36. The fraction of sp³-hybridized carbons (Fsp3) is 0.435. The van der Waals surface area contributed by atoms with E-state index in [0.717, 1.165) is 53.0 Å². The molecule has 1 aliphatic rings. The number of aromatic nitrogens is 2. The summed E-state index contributed by atoms with van der Waals surface area (Å²) in [6, 6.07) is 10.2. The lowest BCUT2D eigenvalue weighted by Gasteiger charge is -2.27. The van der Waals surface area contributed by atoms with Crippen LogP contribution in [0, 0.1) is 5.92 Å². The highest BCUT2D eigenvalue weighted by Gasteiger charge is 2.29. The molecule has 1 saturated carbocycles. The molecule has 1 amide bonds. The maximum absolute atomic E-state index is 13.5. The average molecular weight is 410 g/mol. The molecule has 0 bridgehead atoms. The van der Waals surface area contributed by atoms with E-state index in [1.54, 1.807) is 24.6 Å². The van der Waals surface area contributed by atoms with Gasteiger partial charge in [-0.1, -0.05) is 43.6 Å². The number of carbonyl (C=O) groups is 1. The molecule has 2 aromatic heterocycles. The molecular weight excluding hydrogens is 382 g/mol. The molecule has 0 atom stereocenters. The number of nitrogens with zero attached hydrogens (tertiary/aromatic N) is 3. The molecule has 3 aromatic rings. The highest BCUT2D eigenvalue weighted by atomic mass is 32.1. The van der Waals surface area contributed by atoms with Crippen LogP contribution in [0.4, 0.5) is 5.13 Å². The summed E-state index contributed by atoms with van der Waals surface area (Å²) in [6.07, 6.45) is 8.15. The van der Waals surface area contributed by atoms with Crippen LogP contribution in [0.15, 0.2) is 36.5 Å². The zero-order valence-corrected chi connectivity index (χ0v) is 17.9. The van der Waals surface area contributed by atoms with Gasteiger partial charge in [-0.25, -0.2) is 9.97 Å². The van der Waals surface area contributed by atoms with Crippen LogP contribution in [0.25, 0.3) is 10.2 Å². The van der Waals surface area contributed by atoms with Crippen molar-refractivity contribution in [2.75, 3.05) is 12.0 Å². The van der Waals surface area contributed by atoms with Crippen molar-refractivity contribution >= 4 is 32.6 Å². The first-order chi connectivity index (χ1) is 14.2. The molecule has 29 heavy (non-hydrogen) atoms. The summed E-state index contributed by atoms with van der Waals surface area (Å²) in [5, 5.41) is 0.777. The first kappa shape index (κ1) is 19.8. The normalized spacial score (nSPS) is 14.8. The standard InChI is InChI=1S/C23H27N3O2S/c1-3-16-9-10-19-20(13-16)29-23(25-19)26(22(27)18-7-5-4-6-8-18)15-17-11-12-24-21(14-17)28-2/h9-14,18H,3-8,15H2,1-2H3. The van der Waals surface area contributed by atoms with E-state index in [1.165, 1.54) is 12.0 Å². The molecule has 0 saturated heterocycles. The SMILES string of the molecule is CCc1ccc2nc(N(Cc3ccnc(OC)c3)C(=O)C3CCCCC3)sc2c1. The van der Waals surface area contributed by atoms with E-state index in [9.17, 15) is 4.79 Å². The number of benzene rings is 1. The highest BCUT2D eigenvalue weighted by molar-refractivity contribution is 7.22. The first-order valence-corrected chi connectivity index (χ1v) is 11.2. The maximum Gasteiger partial charge on any atom is 0.232 e. The molecule has 6 heteroatoms. The third-order valence-electron chi connectivity index (χ3n) is 5.65. The van der Waals surface area contributed by atoms with E-state index < -0.39 is 0 Å². The van der Waals surface area contributed by atoms with Crippen LogP contribution < -0.4 is 9.64 Å². The van der Waals surface area contributed by atoms with Gasteiger partial charge in [0.15, 0.2) is 5.13 Å². The Labute approximate surface area is 175 Å². The minimum Gasteiger partial charge on any atom is -0.481 e. The zero-order valence-electron chi connectivity index (χ0n) is 17.1. The van der Waals surface area contributed by atoms with E-state index in [-0.39, 0.29) is 11.8 Å². The molecule has 0 radical (unpaired) electrons. The van der Waals surface area contributed by atoms with Gasteiger partial charge in [0.1, 0.15) is 0 Å². The number of hydrogen-bond acceptors (Lipinski definition) is 5. The van der Waals surface area contributed by atoms with Crippen molar-refractivity contribution in [1.82, 2.24) is 9.97 Å². The van der Waals surface area contributed by atoms with Crippen LogP contribution in [0.5, 0.6) is 5.88 Å². The Morgan fingerprint density at radius 1 is 1.17 bits per heavy atom. The predicted octanol–water partition coefficient (Wildman–Crippen LogP) is 5.38. The Morgan fingerprint density at radius 3 is 2.76 bits per heavy atom. The van der Waals surface area contributed by atoms with Gasteiger partial charge in [-0.2, -0.15) is 0 Å². The van der Waals surface area contributed by atoms with Crippen LogP contribution in [-0.4, -0.2) is 23.0 Å². The summed E-state index contributed by atoms with van der Waals surface area (Å²) < 4.78 is 6.40. The number of thiazole rings is 1. The van der Waals surface area contributed by atoms with E-state index >= 15 is 0 Å². The minimum absolute atomic E-state index is 0.0886. The van der Waals surface area contributed by atoms with E-state index in [2.05, 4.69) is 30.1 Å². The summed E-state index contributed by atoms with van der Waals surface area (Å²) in [6.45, 7) is 2.63. The third-order valence-corrected chi connectivity index (χ3v) is 6.69. The summed E-state index contributed by atoms with van der Waals surface area (Å²) in [4.78, 5) is 24.4. The van der Waals surface area contributed by atoms with Gasteiger partial charge in [0.25, 0.3) is 0 Å². The fourth-order valence-corrected chi connectivity index (χ4v) is 4.98. The average Bonchev–Trinajstić information content (AvgIpc) is 3.20. The highest BCUT2D eigenvalue weighted by Crippen LogP contribution is 2.34. The lowest BCUT2D eigenvalue weighted by molar-refractivity contribution is -0.123. The van der Waals surface area contributed by atoms with Gasteiger partial charge in [0, 0.05) is 18.2 Å². The lowest BCUT2D eigenvalue weighted by atomic mass is 9.88. The van der Waals surface area contributed by atoms with Gasteiger partial charge >= 0.3 is 0 Å². The summed E-state index contributed by atoms with van der Waals surface area (Å²) in [7, 11) is 1.61. The van der Waals surface area contributed by atoms with Crippen molar-refractivity contribution in [3.8, 4) is 5.88 Å². The Kier molecular flexibility index (Phi) is 6.09. The zero-order chi connectivity index (χ0) is 20.2. The molecule has 1 aromatic carbocycles. The van der Waals surface area contributed by atoms with Crippen molar-refractivity contribution in [1.29, 1.82) is 0 Å². The topological polar surface area (TPSA) is 55.3 Å². The van der Waals surface area contributed by atoms with E-state index in [0.29, 0.717) is 12.4 Å². The monoisotopic (exact) mass is 409 g/mol. The number of rotatable bonds is 6. The quantitative estimate of drug-likeness (QED) is 0.549. The van der Waals surface area contributed by atoms with Crippen LogP contribution in [0.2, 0.25) is 0 Å². The molecule has 152 valence electrons. The third kappa shape index (κ3) is 4.42. The van der Waals surface area contributed by atoms with Gasteiger partial charge in [0.05, 0.1) is 23.9 Å². The number of ether oxygens (including phenoxy) is 1. The fourth-order valence-electron chi connectivity index (χ4n) is 3.94. The molecule has 1 fully saturated rings. The van der Waals surface area contributed by atoms with Gasteiger partial charge in [0.2, 0.25) is 11.8 Å². The summed E-state index contributed by atoms with van der Waals surface area (Å²) in [5.74, 6) is 0.838. The van der Waals surface area contributed by atoms with E-state index in [4.69, 9.17) is 9.72 Å². The number of amides is 1. The number of aryl methyl sites for hydroxylation is 1. The second-order valence-corrected chi connectivity index (χ2v) is 8.63. The van der Waals surface area contributed by atoms with Crippen LogP contribution in [0.3, 0.4) is 0 Å². The van der Waals surface area contributed by atoms with Crippen molar-refractivity contribution in [3.63, 3.8) is 0 Å². The van der Waals surface area contributed by atoms with Crippen molar-refractivity contribution in [2.24, 2.45) is 5.92 Å². The number of carbonyl (C=O) groups excluding carboxylic acids is 1. The maximum atomic E-state index is 13.5. The number of anilines is 1. The van der Waals surface area contributed by atoms with Crippen LogP contribution in [-0.2, 0) is 17.8 Å². The number of fused-ring (bicyclic) bond motifs is 1. The van der Waals surface area contributed by atoms with Crippen molar-refractivity contribution in [2.45, 2.75) is 52.0 Å². The van der Waals surface area contributed by atoms with Gasteiger partial charge in [-0.05, 0) is 48.6 Å². The molecule has 2 heterocycles. The molecule has 0 spiro atoms. The largest absolute Gasteiger partial charge is 0.481 e. The minimum atomic E-state index is 0.0886. The second-order valence-electron chi connectivity index (χ2n) is 7.62. The molecule has 1 aliphatic carbocycles. The Morgan fingerprint density at radius 2 is 2.00 bits per heavy atom. The molecule has 0 unspecified atom stereocenters. The molecular formula is C23H27N3O2S. The van der Waals surface area contributed by atoms with E-state index in [1.807, 2.05) is 17.0 Å². The summed E-state index contributed by atoms with van der Waals surface area (Å²) >= 11 is 1.60. The Hall–Kier alpha value is -2.47. The van der Waals surface area contributed by atoms with Gasteiger partial charge < -0.3 is 4.74 Å². The summed E-state index contributed by atoms with van der Waals surface area (Å²) in [5.41, 5.74) is 3.24. The van der Waals surface area contributed by atoms with Crippen LogP contribution >= 0.6 is 11.3 Å². The number of hydrogen-bond donors (Lipinski definition) is 0. The molecule has 4 rings (SSSR count). The van der Waals surface area contributed by atoms with Crippen molar-refractivity contribution < 1.29 is 9.53 Å².